The lowest BCUT2D eigenvalue weighted by molar-refractivity contribution is -0.120. The molecule has 0 radical (unpaired) electrons. The first-order chi connectivity index (χ1) is 10.6. The van der Waals surface area contributed by atoms with Gasteiger partial charge in [0.15, 0.2) is 0 Å². The molecule has 3 nitrogen and oxygen atoms in total. The van der Waals surface area contributed by atoms with Crippen molar-refractivity contribution in [2.75, 3.05) is 7.11 Å². The van der Waals surface area contributed by atoms with Crippen LogP contribution in [0.25, 0.3) is 0 Å². The summed E-state index contributed by atoms with van der Waals surface area (Å²) in [4.78, 5) is 13.1. The molecule has 1 atom stereocenters. The van der Waals surface area contributed by atoms with Gasteiger partial charge in [-0.2, -0.15) is 0 Å². The van der Waals surface area contributed by atoms with E-state index in [0.717, 1.165) is 16.2 Å². The van der Waals surface area contributed by atoms with Gasteiger partial charge in [0.25, 0.3) is 0 Å². The Hall–Kier alpha value is -1.65. The lowest BCUT2D eigenvalue weighted by Gasteiger charge is -2.13. The minimum absolute atomic E-state index is 0.0132. The highest BCUT2D eigenvalue weighted by Gasteiger charge is 2.15. The number of carbonyl (C=O) groups is 1. The number of hydrogen-bond donors (Lipinski definition) is 1. The highest BCUT2D eigenvalue weighted by molar-refractivity contribution is 8.00. The molecule has 1 amide bonds. The van der Waals surface area contributed by atoms with Crippen LogP contribution in [-0.4, -0.2) is 18.3 Å². The van der Waals surface area contributed by atoms with Crippen LogP contribution in [0.4, 0.5) is 0 Å². The number of thioether (sulfide) groups is 1. The SMILES string of the molecule is COc1ccc(CNC(=O)[C@H](C)Sc2ccccc2Cl)cc1. The molecule has 22 heavy (non-hydrogen) atoms. The molecular formula is C17H18ClNO2S. The largest absolute Gasteiger partial charge is 0.497 e. The van der Waals surface area contributed by atoms with Gasteiger partial charge in [-0.25, -0.2) is 0 Å². The van der Waals surface area contributed by atoms with Crippen molar-refractivity contribution >= 4 is 29.3 Å². The van der Waals surface area contributed by atoms with Gasteiger partial charge in [-0.05, 0) is 36.8 Å². The van der Waals surface area contributed by atoms with Crippen LogP contribution >= 0.6 is 23.4 Å². The predicted octanol–water partition coefficient (Wildman–Crippen LogP) is 4.15. The molecule has 0 aliphatic heterocycles. The van der Waals surface area contributed by atoms with E-state index in [1.165, 1.54) is 11.8 Å². The summed E-state index contributed by atoms with van der Waals surface area (Å²) in [7, 11) is 1.63. The van der Waals surface area contributed by atoms with E-state index in [4.69, 9.17) is 16.3 Å². The van der Waals surface area contributed by atoms with Crippen LogP contribution < -0.4 is 10.1 Å². The van der Waals surface area contributed by atoms with E-state index >= 15 is 0 Å². The Kier molecular flexibility index (Phi) is 6.16. The zero-order chi connectivity index (χ0) is 15.9. The summed E-state index contributed by atoms with van der Waals surface area (Å²) in [5.74, 6) is 0.790. The maximum Gasteiger partial charge on any atom is 0.233 e. The monoisotopic (exact) mass is 335 g/mol. The molecule has 0 saturated carbocycles. The maximum atomic E-state index is 12.2. The second-order valence-corrected chi connectivity index (χ2v) is 6.55. The molecule has 0 aliphatic rings. The first-order valence-electron chi connectivity index (χ1n) is 6.92. The number of amides is 1. The molecule has 0 heterocycles. The summed E-state index contributed by atoms with van der Waals surface area (Å²) >= 11 is 7.57. The van der Waals surface area contributed by atoms with Crippen molar-refractivity contribution in [1.82, 2.24) is 5.32 Å². The Bertz CT molecular complexity index is 631. The van der Waals surface area contributed by atoms with Crippen molar-refractivity contribution in [3.8, 4) is 5.75 Å². The maximum absolute atomic E-state index is 12.2. The molecule has 0 aliphatic carbocycles. The van der Waals surface area contributed by atoms with Gasteiger partial charge in [-0.3, -0.25) is 4.79 Å². The third kappa shape index (κ3) is 4.68. The molecule has 2 aromatic carbocycles. The third-order valence-corrected chi connectivity index (χ3v) is 4.75. The normalized spacial score (nSPS) is 11.8. The minimum atomic E-state index is -0.210. The molecule has 2 rings (SSSR count). The van der Waals surface area contributed by atoms with Crippen LogP contribution in [0.3, 0.4) is 0 Å². The molecule has 2 aromatic rings. The number of ether oxygens (including phenoxy) is 1. The Balaban J connectivity index is 1.87. The first-order valence-corrected chi connectivity index (χ1v) is 8.17. The summed E-state index contributed by atoms with van der Waals surface area (Å²) < 4.78 is 5.11. The second-order valence-electron chi connectivity index (χ2n) is 4.76. The van der Waals surface area contributed by atoms with Crippen LogP contribution in [0, 0.1) is 0 Å². The van der Waals surface area contributed by atoms with Gasteiger partial charge < -0.3 is 10.1 Å². The van der Waals surface area contributed by atoms with Crippen molar-refractivity contribution in [2.45, 2.75) is 23.6 Å². The van der Waals surface area contributed by atoms with E-state index in [2.05, 4.69) is 5.32 Å². The van der Waals surface area contributed by atoms with Crippen molar-refractivity contribution in [1.29, 1.82) is 0 Å². The highest BCUT2D eigenvalue weighted by atomic mass is 35.5. The van der Waals surface area contributed by atoms with Crippen LogP contribution in [0.15, 0.2) is 53.4 Å². The molecule has 0 fully saturated rings. The standard InChI is InChI=1S/C17H18ClNO2S/c1-12(22-16-6-4-3-5-15(16)18)17(20)19-11-13-7-9-14(21-2)10-8-13/h3-10,12H,11H2,1-2H3,(H,19,20)/t12-/m0/s1. The fraction of sp³-hybridized carbons (Fsp3) is 0.235. The predicted molar refractivity (Wildman–Crippen MR) is 91.6 cm³/mol. The van der Waals surface area contributed by atoms with E-state index in [1.807, 2.05) is 55.5 Å². The van der Waals surface area contributed by atoms with Crippen molar-refractivity contribution in [3.05, 3.63) is 59.1 Å². The van der Waals surface area contributed by atoms with Crippen LogP contribution in [-0.2, 0) is 11.3 Å². The fourth-order valence-electron chi connectivity index (χ4n) is 1.86. The van der Waals surface area contributed by atoms with Crippen LogP contribution in [0.2, 0.25) is 5.02 Å². The summed E-state index contributed by atoms with van der Waals surface area (Å²) in [5.41, 5.74) is 1.03. The Morgan fingerprint density at radius 2 is 1.91 bits per heavy atom. The van der Waals surface area contributed by atoms with Crippen LogP contribution in [0.5, 0.6) is 5.75 Å². The zero-order valence-corrected chi connectivity index (χ0v) is 14.1. The Morgan fingerprint density at radius 3 is 2.55 bits per heavy atom. The number of carbonyl (C=O) groups excluding carboxylic acids is 1. The summed E-state index contributed by atoms with van der Waals surface area (Å²) in [5, 5.41) is 3.39. The smallest absolute Gasteiger partial charge is 0.233 e. The van der Waals surface area contributed by atoms with Gasteiger partial charge in [0.1, 0.15) is 5.75 Å². The second kappa shape index (κ2) is 8.11. The van der Waals surface area contributed by atoms with E-state index in [-0.39, 0.29) is 11.2 Å². The molecular weight excluding hydrogens is 318 g/mol. The fourth-order valence-corrected chi connectivity index (χ4v) is 3.04. The summed E-state index contributed by atoms with van der Waals surface area (Å²) in [6.07, 6.45) is 0. The van der Waals surface area contributed by atoms with Crippen LogP contribution in [0.1, 0.15) is 12.5 Å². The minimum Gasteiger partial charge on any atom is -0.497 e. The van der Waals surface area contributed by atoms with E-state index < -0.39 is 0 Å². The van der Waals surface area contributed by atoms with Crippen molar-refractivity contribution < 1.29 is 9.53 Å². The van der Waals surface area contributed by atoms with Gasteiger partial charge in [-0.15, -0.1) is 11.8 Å². The Morgan fingerprint density at radius 1 is 1.23 bits per heavy atom. The molecule has 116 valence electrons. The molecule has 5 heteroatoms. The summed E-state index contributed by atoms with van der Waals surface area (Å²) in [6, 6.07) is 15.2. The number of halogens is 1. The zero-order valence-electron chi connectivity index (χ0n) is 12.5. The molecule has 0 bridgehead atoms. The average molecular weight is 336 g/mol. The average Bonchev–Trinajstić information content (AvgIpc) is 2.55. The molecule has 0 spiro atoms. The quantitative estimate of drug-likeness (QED) is 0.806. The first kappa shape index (κ1) is 16.7. The van der Waals surface area contributed by atoms with E-state index in [1.54, 1.807) is 7.11 Å². The molecule has 1 N–H and O–H groups in total. The van der Waals surface area contributed by atoms with Gasteiger partial charge in [0.2, 0.25) is 5.91 Å². The molecule has 0 unspecified atom stereocenters. The van der Waals surface area contributed by atoms with Gasteiger partial charge in [0, 0.05) is 11.4 Å². The summed E-state index contributed by atoms with van der Waals surface area (Å²) in [6.45, 7) is 2.37. The highest BCUT2D eigenvalue weighted by Crippen LogP contribution is 2.30. The number of methoxy groups -OCH3 is 1. The molecule has 0 aromatic heterocycles. The number of nitrogens with one attached hydrogen (secondary N) is 1. The van der Waals surface area contributed by atoms with Gasteiger partial charge in [-0.1, -0.05) is 35.9 Å². The number of rotatable bonds is 6. The van der Waals surface area contributed by atoms with Crippen molar-refractivity contribution in [3.63, 3.8) is 0 Å². The third-order valence-electron chi connectivity index (χ3n) is 3.14. The topological polar surface area (TPSA) is 38.3 Å². The Labute approximate surface area is 140 Å². The van der Waals surface area contributed by atoms with Gasteiger partial charge in [0.05, 0.1) is 17.4 Å². The number of benzene rings is 2. The molecule has 0 saturated heterocycles. The van der Waals surface area contributed by atoms with Gasteiger partial charge >= 0.3 is 0 Å². The number of hydrogen-bond acceptors (Lipinski definition) is 3. The van der Waals surface area contributed by atoms with E-state index in [9.17, 15) is 4.79 Å². The lowest BCUT2D eigenvalue weighted by atomic mass is 10.2. The lowest BCUT2D eigenvalue weighted by Crippen LogP contribution is -2.30. The van der Waals surface area contributed by atoms with Crippen molar-refractivity contribution in [2.24, 2.45) is 0 Å². The van der Waals surface area contributed by atoms with E-state index in [0.29, 0.717) is 11.6 Å².